The highest BCUT2D eigenvalue weighted by Gasteiger charge is 2.05. The Hall–Kier alpha value is -1.29. The minimum Gasteiger partial charge on any atom is -0.249 e. The average Bonchev–Trinajstić information content (AvgIpc) is 2.82. The molecular formula is C14H19N3S. The van der Waals surface area contributed by atoms with E-state index in [0.29, 0.717) is 5.92 Å². The highest BCUT2D eigenvalue weighted by atomic mass is 32.2. The standard InChI is InChI=1S/C14H19N3S/c1-12(2)8-9-17-13(10-15-16-17)11-18-14-6-4-3-5-7-14/h3-7,10,12H,8-9,11H2,1-2H3. The van der Waals surface area contributed by atoms with Crippen LogP contribution in [-0.2, 0) is 12.3 Å². The van der Waals surface area contributed by atoms with Crippen LogP contribution < -0.4 is 0 Å². The van der Waals surface area contributed by atoms with Gasteiger partial charge in [-0.3, -0.25) is 0 Å². The van der Waals surface area contributed by atoms with Crippen molar-refractivity contribution in [2.45, 2.75) is 37.5 Å². The number of hydrogen-bond acceptors (Lipinski definition) is 3. The summed E-state index contributed by atoms with van der Waals surface area (Å²) in [7, 11) is 0. The molecule has 1 aromatic heterocycles. The van der Waals surface area contributed by atoms with Gasteiger partial charge < -0.3 is 0 Å². The quantitative estimate of drug-likeness (QED) is 0.744. The van der Waals surface area contributed by atoms with Crippen molar-refractivity contribution in [3.8, 4) is 0 Å². The van der Waals surface area contributed by atoms with Gasteiger partial charge in [-0.05, 0) is 24.5 Å². The number of aromatic nitrogens is 3. The smallest absolute Gasteiger partial charge is 0.0733 e. The topological polar surface area (TPSA) is 30.7 Å². The van der Waals surface area contributed by atoms with E-state index in [-0.39, 0.29) is 0 Å². The molecule has 0 aliphatic rings. The van der Waals surface area contributed by atoms with Gasteiger partial charge in [-0.2, -0.15) is 0 Å². The first-order chi connectivity index (χ1) is 8.75. The molecule has 18 heavy (non-hydrogen) atoms. The molecule has 1 aromatic carbocycles. The maximum Gasteiger partial charge on any atom is 0.0733 e. The van der Waals surface area contributed by atoms with Crippen LogP contribution in [0.4, 0.5) is 0 Å². The van der Waals surface area contributed by atoms with Crippen LogP contribution in [0.2, 0.25) is 0 Å². The Bertz CT molecular complexity index is 465. The molecule has 4 heteroatoms. The van der Waals surface area contributed by atoms with Crippen LogP contribution in [0.15, 0.2) is 41.4 Å². The van der Waals surface area contributed by atoms with E-state index in [4.69, 9.17) is 0 Å². The number of thioether (sulfide) groups is 1. The lowest BCUT2D eigenvalue weighted by Gasteiger charge is -2.07. The van der Waals surface area contributed by atoms with E-state index >= 15 is 0 Å². The van der Waals surface area contributed by atoms with E-state index in [1.807, 2.05) is 28.7 Å². The molecular weight excluding hydrogens is 242 g/mol. The largest absolute Gasteiger partial charge is 0.249 e. The Morgan fingerprint density at radius 3 is 2.72 bits per heavy atom. The second kappa shape index (κ2) is 6.59. The van der Waals surface area contributed by atoms with E-state index in [2.05, 4.69) is 48.4 Å². The van der Waals surface area contributed by atoms with Crippen LogP contribution in [0.3, 0.4) is 0 Å². The van der Waals surface area contributed by atoms with Gasteiger partial charge in [-0.1, -0.05) is 37.3 Å². The fourth-order valence-corrected chi connectivity index (χ4v) is 2.52. The first kappa shape index (κ1) is 13.1. The van der Waals surface area contributed by atoms with Crippen molar-refractivity contribution in [2.75, 3.05) is 0 Å². The summed E-state index contributed by atoms with van der Waals surface area (Å²) in [5, 5.41) is 8.17. The molecule has 0 fully saturated rings. The maximum absolute atomic E-state index is 4.15. The highest BCUT2D eigenvalue weighted by molar-refractivity contribution is 7.98. The van der Waals surface area contributed by atoms with Crippen molar-refractivity contribution in [3.63, 3.8) is 0 Å². The van der Waals surface area contributed by atoms with Gasteiger partial charge in [0.1, 0.15) is 0 Å². The Morgan fingerprint density at radius 2 is 2.00 bits per heavy atom. The minimum atomic E-state index is 0.698. The molecule has 3 nitrogen and oxygen atoms in total. The normalized spacial score (nSPS) is 11.1. The monoisotopic (exact) mass is 261 g/mol. The van der Waals surface area contributed by atoms with Crippen molar-refractivity contribution in [1.29, 1.82) is 0 Å². The summed E-state index contributed by atoms with van der Waals surface area (Å²) in [6, 6.07) is 10.4. The van der Waals surface area contributed by atoms with E-state index in [1.165, 1.54) is 10.6 Å². The van der Waals surface area contributed by atoms with Crippen LogP contribution in [0, 0.1) is 5.92 Å². The lowest BCUT2D eigenvalue weighted by molar-refractivity contribution is 0.471. The lowest BCUT2D eigenvalue weighted by Crippen LogP contribution is -2.06. The van der Waals surface area contributed by atoms with E-state index in [1.54, 1.807) is 0 Å². The van der Waals surface area contributed by atoms with E-state index < -0.39 is 0 Å². The van der Waals surface area contributed by atoms with E-state index in [0.717, 1.165) is 18.7 Å². The maximum atomic E-state index is 4.15. The van der Waals surface area contributed by atoms with Gasteiger partial charge in [0, 0.05) is 17.2 Å². The zero-order valence-electron chi connectivity index (χ0n) is 10.9. The van der Waals surface area contributed by atoms with Crippen molar-refractivity contribution in [1.82, 2.24) is 15.0 Å². The molecule has 0 atom stereocenters. The molecule has 0 unspecified atom stereocenters. The summed E-state index contributed by atoms with van der Waals surface area (Å²) in [6.45, 7) is 5.42. The van der Waals surface area contributed by atoms with Gasteiger partial charge in [0.05, 0.1) is 11.9 Å². The summed E-state index contributed by atoms with van der Waals surface area (Å²) in [5.74, 6) is 1.62. The summed E-state index contributed by atoms with van der Waals surface area (Å²) in [4.78, 5) is 1.29. The second-order valence-electron chi connectivity index (χ2n) is 4.73. The summed E-state index contributed by atoms with van der Waals surface area (Å²) < 4.78 is 2.02. The Morgan fingerprint density at radius 1 is 1.22 bits per heavy atom. The molecule has 2 rings (SSSR count). The van der Waals surface area contributed by atoms with Gasteiger partial charge in [0.15, 0.2) is 0 Å². The molecule has 0 aliphatic heterocycles. The van der Waals surface area contributed by atoms with E-state index in [9.17, 15) is 0 Å². The predicted molar refractivity (Wildman–Crippen MR) is 75.5 cm³/mol. The molecule has 0 amide bonds. The van der Waals surface area contributed by atoms with Crippen molar-refractivity contribution in [3.05, 3.63) is 42.2 Å². The number of rotatable bonds is 6. The summed E-state index contributed by atoms with van der Waals surface area (Å²) in [6.07, 6.45) is 3.02. The zero-order chi connectivity index (χ0) is 12.8. The number of aryl methyl sites for hydroxylation is 1. The molecule has 0 spiro atoms. The van der Waals surface area contributed by atoms with Crippen LogP contribution in [0.25, 0.3) is 0 Å². The molecule has 2 aromatic rings. The highest BCUT2D eigenvalue weighted by Crippen LogP contribution is 2.21. The van der Waals surface area contributed by atoms with Crippen molar-refractivity contribution >= 4 is 11.8 Å². The summed E-state index contributed by atoms with van der Waals surface area (Å²) in [5.41, 5.74) is 1.20. The molecule has 0 radical (unpaired) electrons. The fourth-order valence-electron chi connectivity index (χ4n) is 1.63. The van der Waals surface area contributed by atoms with Crippen molar-refractivity contribution < 1.29 is 0 Å². The van der Waals surface area contributed by atoms with Crippen LogP contribution in [0.1, 0.15) is 26.0 Å². The third-order valence-electron chi connectivity index (χ3n) is 2.75. The predicted octanol–water partition coefficient (Wildman–Crippen LogP) is 3.62. The third kappa shape index (κ3) is 3.88. The first-order valence-electron chi connectivity index (χ1n) is 6.31. The second-order valence-corrected chi connectivity index (χ2v) is 5.78. The molecule has 0 N–H and O–H groups in total. The van der Waals surface area contributed by atoms with Gasteiger partial charge in [-0.25, -0.2) is 4.68 Å². The van der Waals surface area contributed by atoms with Gasteiger partial charge in [-0.15, -0.1) is 16.9 Å². The van der Waals surface area contributed by atoms with Gasteiger partial charge in [0.2, 0.25) is 0 Å². The SMILES string of the molecule is CC(C)CCn1nncc1CSc1ccccc1. The van der Waals surface area contributed by atoms with Gasteiger partial charge >= 0.3 is 0 Å². The van der Waals surface area contributed by atoms with Crippen LogP contribution in [0.5, 0.6) is 0 Å². The van der Waals surface area contributed by atoms with Crippen LogP contribution in [-0.4, -0.2) is 15.0 Å². The Balaban J connectivity index is 1.91. The zero-order valence-corrected chi connectivity index (χ0v) is 11.7. The number of nitrogens with zero attached hydrogens (tertiary/aromatic N) is 3. The van der Waals surface area contributed by atoms with Crippen LogP contribution >= 0.6 is 11.8 Å². The molecule has 1 heterocycles. The molecule has 96 valence electrons. The Labute approximate surface area is 113 Å². The average molecular weight is 261 g/mol. The number of benzene rings is 1. The number of hydrogen-bond donors (Lipinski definition) is 0. The Kier molecular flexibility index (Phi) is 4.81. The molecule has 0 saturated carbocycles. The first-order valence-corrected chi connectivity index (χ1v) is 7.29. The molecule has 0 aliphatic carbocycles. The third-order valence-corrected chi connectivity index (χ3v) is 3.79. The fraction of sp³-hybridized carbons (Fsp3) is 0.429. The molecule has 0 saturated heterocycles. The molecule has 0 bridgehead atoms. The minimum absolute atomic E-state index is 0.698. The summed E-state index contributed by atoms with van der Waals surface area (Å²) >= 11 is 1.83. The van der Waals surface area contributed by atoms with Gasteiger partial charge in [0.25, 0.3) is 0 Å². The van der Waals surface area contributed by atoms with Crippen molar-refractivity contribution in [2.24, 2.45) is 5.92 Å². The lowest BCUT2D eigenvalue weighted by atomic mass is 10.1.